The Morgan fingerprint density at radius 1 is 1.50 bits per heavy atom. The molecular formula is C12H18N5O8P. The molecule has 4 atom stereocenters. The fraction of sp³-hybridized carbons (Fsp3) is 0.583. The Morgan fingerprint density at radius 3 is 2.85 bits per heavy atom. The zero-order chi connectivity index (χ0) is 19.1. The summed E-state index contributed by atoms with van der Waals surface area (Å²) < 4.78 is 22.5. The predicted molar refractivity (Wildman–Crippen MR) is 86.2 cm³/mol. The molecule has 144 valence electrons. The lowest BCUT2D eigenvalue weighted by Gasteiger charge is -2.22. The number of hydrogen-bond acceptors (Lipinski definition) is 9. The number of hydrogen-bond donors (Lipinski definition) is 6. The molecule has 0 aromatic carbocycles. The average Bonchev–Trinajstić information content (AvgIpc) is 3.09. The van der Waals surface area contributed by atoms with Gasteiger partial charge in [0.25, 0.3) is 5.56 Å². The average molecular weight is 391 g/mol. The van der Waals surface area contributed by atoms with Crippen molar-refractivity contribution in [3.63, 3.8) is 0 Å². The molecule has 13 nitrogen and oxygen atoms in total. The van der Waals surface area contributed by atoms with Crippen LogP contribution in [0, 0.1) is 0 Å². The summed E-state index contributed by atoms with van der Waals surface area (Å²) in [4.78, 5) is 40.9. The molecule has 0 amide bonds. The van der Waals surface area contributed by atoms with Gasteiger partial charge in [-0.25, -0.2) is 9.55 Å². The monoisotopic (exact) mass is 391 g/mol. The van der Waals surface area contributed by atoms with Crippen molar-refractivity contribution in [3.05, 3.63) is 16.7 Å². The summed E-state index contributed by atoms with van der Waals surface area (Å²) in [5.74, 6) is 0.163. The topological polar surface area (TPSA) is 192 Å². The van der Waals surface area contributed by atoms with E-state index in [-0.39, 0.29) is 17.1 Å². The SMILES string of the molecule is CCNc1nc2c(ncn2[C@@H]2O[C@H](CO)[C@@H](O)[C@H]2OP(=O)(O)O)c(=O)[nH]1. The first kappa shape index (κ1) is 18.9. The van der Waals surface area contributed by atoms with Gasteiger partial charge in [-0.15, -0.1) is 0 Å². The van der Waals surface area contributed by atoms with Crippen LogP contribution in [0.4, 0.5) is 5.95 Å². The van der Waals surface area contributed by atoms with Crippen LogP contribution in [0.2, 0.25) is 0 Å². The zero-order valence-corrected chi connectivity index (χ0v) is 14.4. The first-order valence-electron chi connectivity index (χ1n) is 7.64. The first-order valence-corrected chi connectivity index (χ1v) is 9.17. The highest BCUT2D eigenvalue weighted by atomic mass is 31.2. The number of aliphatic hydroxyl groups is 2. The molecule has 6 N–H and O–H groups in total. The van der Waals surface area contributed by atoms with Crippen molar-refractivity contribution in [1.82, 2.24) is 19.5 Å². The van der Waals surface area contributed by atoms with Gasteiger partial charge in [0.1, 0.15) is 18.3 Å². The molecule has 2 aromatic heterocycles. The predicted octanol–water partition coefficient (Wildman–Crippen LogP) is -1.72. The highest BCUT2D eigenvalue weighted by Crippen LogP contribution is 2.44. The number of aromatic amines is 1. The van der Waals surface area contributed by atoms with Crippen molar-refractivity contribution in [2.45, 2.75) is 31.5 Å². The first-order chi connectivity index (χ1) is 12.2. The van der Waals surface area contributed by atoms with E-state index < -0.39 is 44.5 Å². The molecule has 3 heterocycles. The normalized spacial score (nSPS) is 26.5. The second-order valence-corrected chi connectivity index (χ2v) is 6.76. The van der Waals surface area contributed by atoms with E-state index >= 15 is 0 Å². The summed E-state index contributed by atoms with van der Waals surface area (Å²) >= 11 is 0. The molecule has 1 fully saturated rings. The van der Waals surface area contributed by atoms with Gasteiger partial charge in [0.2, 0.25) is 5.95 Å². The Hall–Kier alpha value is -1.86. The van der Waals surface area contributed by atoms with Gasteiger partial charge in [0, 0.05) is 6.54 Å². The Bertz CT molecular complexity index is 893. The van der Waals surface area contributed by atoms with Gasteiger partial charge in [-0.2, -0.15) is 4.98 Å². The summed E-state index contributed by atoms with van der Waals surface area (Å²) in [7, 11) is -4.97. The molecule has 3 rings (SSSR count). The number of nitrogens with one attached hydrogen (secondary N) is 2. The van der Waals surface area contributed by atoms with Crippen molar-refractivity contribution < 1.29 is 33.8 Å². The summed E-state index contributed by atoms with van der Waals surface area (Å²) in [6, 6.07) is 0. The fourth-order valence-electron chi connectivity index (χ4n) is 2.73. The van der Waals surface area contributed by atoms with Crippen LogP contribution in [-0.2, 0) is 13.8 Å². The number of H-pyrrole nitrogens is 1. The van der Waals surface area contributed by atoms with E-state index in [1.807, 2.05) is 0 Å². The molecule has 0 radical (unpaired) electrons. The molecule has 1 aliphatic heterocycles. The van der Waals surface area contributed by atoms with Gasteiger partial charge in [-0.05, 0) is 6.92 Å². The Labute approximate surface area is 145 Å². The van der Waals surface area contributed by atoms with Gasteiger partial charge >= 0.3 is 7.82 Å². The van der Waals surface area contributed by atoms with Crippen molar-refractivity contribution >= 4 is 24.9 Å². The lowest BCUT2D eigenvalue weighted by atomic mass is 10.1. The van der Waals surface area contributed by atoms with Crippen LogP contribution in [0.15, 0.2) is 11.1 Å². The van der Waals surface area contributed by atoms with E-state index in [0.29, 0.717) is 6.54 Å². The fourth-order valence-corrected chi connectivity index (χ4v) is 3.27. The van der Waals surface area contributed by atoms with Crippen LogP contribution in [0.5, 0.6) is 0 Å². The number of fused-ring (bicyclic) bond motifs is 1. The van der Waals surface area contributed by atoms with E-state index in [2.05, 4.69) is 24.8 Å². The van der Waals surface area contributed by atoms with Crippen molar-refractivity contribution in [1.29, 1.82) is 0 Å². The van der Waals surface area contributed by atoms with E-state index in [9.17, 15) is 19.6 Å². The number of imidazole rings is 1. The molecule has 1 saturated heterocycles. The minimum atomic E-state index is -4.97. The molecule has 0 unspecified atom stereocenters. The maximum Gasteiger partial charge on any atom is 0.470 e. The number of anilines is 1. The maximum atomic E-state index is 12.1. The quantitative estimate of drug-likeness (QED) is 0.307. The lowest BCUT2D eigenvalue weighted by Crippen LogP contribution is -2.34. The van der Waals surface area contributed by atoms with Crippen LogP contribution in [-0.4, -0.2) is 71.0 Å². The minimum Gasteiger partial charge on any atom is -0.394 e. The highest BCUT2D eigenvalue weighted by molar-refractivity contribution is 7.46. The van der Waals surface area contributed by atoms with Crippen molar-refractivity contribution in [3.8, 4) is 0 Å². The van der Waals surface area contributed by atoms with Gasteiger partial charge in [-0.1, -0.05) is 0 Å². The molecule has 26 heavy (non-hydrogen) atoms. The number of aromatic nitrogens is 4. The van der Waals surface area contributed by atoms with Gasteiger partial charge in [0.15, 0.2) is 17.4 Å². The molecule has 0 saturated carbocycles. The number of ether oxygens (including phenoxy) is 1. The molecule has 0 bridgehead atoms. The second-order valence-electron chi connectivity index (χ2n) is 5.57. The van der Waals surface area contributed by atoms with Crippen LogP contribution in [0.3, 0.4) is 0 Å². The van der Waals surface area contributed by atoms with Crippen molar-refractivity contribution in [2.75, 3.05) is 18.5 Å². The Kier molecular flexibility index (Phi) is 5.12. The summed E-state index contributed by atoms with van der Waals surface area (Å²) in [5, 5.41) is 22.3. The number of aliphatic hydroxyl groups excluding tert-OH is 2. The standard InChI is InChI=1S/C12H18N5O8P/c1-2-13-12-15-9-6(10(20)16-12)14-4-17(9)11-8(25-26(21,22)23)7(19)5(3-18)24-11/h4-5,7-8,11,18-19H,2-3H2,1H3,(H2,21,22,23)(H2,13,15,16,20)/t5-,7-,8-,11-/m1/s1. The van der Waals surface area contributed by atoms with Crippen LogP contribution < -0.4 is 10.9 Å². The third kappa shape index (κ3) is 3.50. The minimum absolute atomic E-state index is 0.0351. The molecule has 0 spiro atoms. The molecule has 0 aliphatic carbocycles. The van der Waals surface area contributed by atoms with Crippen LogP contribution in [0.25, 0.3) is 11.2 Å². The van der Waals surface area contributed by atoms with Crippen LogP contribution >= 0.6 is 7.82 Å². The van der Waals surface area contributed by atoms with Gasteiger partial charge < -0.3 is 30.1 Å². The Morgan fingerprint density at radius 2 is 2.23 bits per heavy atom. The number of nitrogens with zero attached hydrogens (tertiary/aromatic N) is 3. The third-order valence-electron chi connectivity index (χ3n) is 3.80. The molecule has 14 heteroatoms. The van der Waals surface area contributed by atoms with Crippen molar-refractivity contribution in [2.24, 2.45) is 0 Å². The summed E-state index contributed by atoms with van der Waals surface area (Å²) in [5.41, 5.74) is -0.513. The number of rotatable bonds is 6. The van der Waals surface area contributed by atoms with Gasteiger partial charge in [0.05, 0.1) is 12.9 Å². The summed E-state index contributed by atoms with van der Waals surface area (Å²) in [6.07, 6.45) is -4.29. The van der Waals surface area contributed by atoms with Crippen LogP contribution in [0.1, 0.15) is 13.2 Å². The third-order valence-corrected chi connectivity index (χ3v) is 4.32. The summed E-state index contributed by atoms with van der Waals surface area (Å²) in [6.45, 7) is 1.67. The molecular weight excluding hydrogens is 373 g/mol. The lowest BCUT2D eigenvalue weighted by molar-refractivity contribution is -0.0505. The van der Waals surface area contributed by atoms with Gasteiger partial charge in [-0.3, -0.25) is 18.9 Å². The smallest absolute Gasteiger partial charge is 0.394 e. The van der Waals surface area contributed by atoms with E-state index in [4.69, 9.17) is 14.5 Å². The Balaban J connectivity index is 2.08. The number of phosphoric ester groups is 1. The largest absolute Gasteiger partial charge is 0.470 e. The van der Waals surface area contributed by atoms with E-state index in [1.165, 1.54) is 10.9 Å². The number of phosphoric acid groups is 1. The zero-order valence-electron chi connectivity index (χ0n) is 13.5. The molecule has 1 aliphatic rings. The second kappa shape index (κ2) is 7.04. The molecule has 2 aromatic rings. The van der Waals surface area contributed by atoms with E-state index in [1.54, 1.807) is 6.92 Å². The highest BCUT2D eigenvalue weighted by Gasteiger charge is 2.48. The maximum absolute atomic E-state index is 12.1. The van der Waals surface area contributed by atoms with E-state index in [0.717, 1.165) is 0 Å².